The average molecular weight is 527 g/mol. The van der Waals surface area contributed by atoms with E-state index in [1.807, 2.05) is 60.7 Å². The molecule has 1 atom stereocenters. The first-order valence-corrected chi connectivity index (χ1v) is 12.4. The van der Waals surface area contributed by atoms with Crippen LogP contribution in [0.5, 0.6) is 5.75 Å². The maximum atomic E-state index is 12.6. The van der Waals surface area contributed by atoms with Crippen molar-refractivity contribution in [3.8, 4) is 5.75 Å². The van der Waals surface area contributed by atoms with E-state index in [1.54, 1.807) is 39.0 Å². The standard InChI is InChI=1S/C30H30N4O5/c1-30(2,3)39-29(37)34-26(21-12-8-5-9-13-21)19-38-23-15-14-22(31-18-23)17-25-28(36)32-24(27(35)33-25)16-20-10-6-4-7-11-20/h4-18,26H,19H2,1-3H3,(H,32,36)(H,33,35)(H,34,37)/t26-/m0/s1. The van der Waals surface area contributed by atoms with Gasteiger partial charge in [-0.25, -0.2) is 4.79 Å². The number of H-pyrrole nitrogens is 2. The number of carbonyl (C=O) groups excluding carboxylic acids is 1. The van der Waals surface area contributed by atoms with Crippen molar-refractivity contribution in [2.24, 2.45) is 0 Å². The first-order valence-electron chi connectivity index (χ1n) is 12.4. The molecule has 0 spiro atoms. The van der Waals surface area contributed by atoms with Crippen LogP contribution >= 0.6 is 0 Å². The molecular formula is C30H30N4O5. The van der Waals surface area contributed by atoms with Crippen molar-refractivity contribution in [2.45, 2.75) is 32.4 Å². The first-order chi connectivity index (χ1) is 18.7. The van der Waals surface area contributed by atoms with E-state index >= 15 is 0 Å². The molecule has 0 unspecified atom stereocenters. The Labute approximate surface area is 224 Å². The quantitative estimate of drug-likeness (QED) is 0.340. The molecule has 0 bridgehead atoms. The molecule has 200 valence electrons. The number of ether oxygens (including phenoxy) is 2. The normalized spacial score (nSPS) is 13.1. The fourth-order valence-electron chi connectivity index (χ4n) is 3.66. The number of hydrogen-bond acceptors (Lipinski definition) is 6. The van der Waals surface area contributed by atoms with Gasteiger partial charge in [-0.15, -0.1) is 0 Å². The van der Waals surface area contributed by atoms with Gasteiger partial charge in [0, 0.05) is 0 Å². The molecule has 9 nitrogen and oxygen atoms in total. The van der Waals surface area contributed by atoms with Crippen LogP contribution < -0.4 is 31.9 Å². The molecule has 2 aromatic heterocycles. The zero-order valence-corrected chi connectivity index (χ0v) is 21.9. The van der Waals surface area contributed by atoms with Crippen LogP contribution in [0.4, 0.5) is 4.79 Å². The molecule has 2 heterocycles. The fraction of sp³-hybridized carbons (Fsp3) is 0.200. The van der Waals surface area contributed by atoms with Crippen molar-refractivity contribution >= 4 is 18.2 Å². The first kappa shape index (κ1) is 27.1. The number of rotatable bonds is 7. The zero-order valence-electron chi connectivity index (χ0n) is 21.9. The van der Waals surface area contributed by atoms with E-state index in [1.165, 1.54) is 12.3 Å². The van der Waals surface area contributed by atoms with E-state index in [0.717, 1.165) is 11.1 Å². The number of benzene rings is 2. The van der Waals surface area contributed by atoms with Gasteiger partial charge in [0.05, 0.1) is 17.9 Å². The van der Waals surface area contributed by atoms with Gasteiger partial charge in [-0.3, -0.25) is 14.6 Å². The summed E-state index contributed by atoms with van der Waals surface area (Å²) in [5.41, 5.74) is 0.608. The topological polar surface area (TPSA) is 126 Å². The van der Waals surface area contributed by atoms with Gasteiger partial charge in [0.25, 0.3) is 11.1 Å². The van der Waals surface area contributed by atoms with Gasteiger partial charge in [0.15, 0.2) is 0 Å². The number of nitrogens with one attached hydrogen (secondary N) is 3. The molecule has 39 heavy (non-hydrogen) atoms. The monoisotopic (exact) mass is 526 g/mol. The molecule has 0 aliphatic heterocycles. The van der Waals surface area contributed by atoms with E-state index in [0.29, 0.717) is 11.4 Å². The number of amides is 1. The Kier molecular flexibility index (Phi) is 8.40. The summed E-state index contributed by atoms with van der Waals surface area (Å²) in [6.07, 6.45) is 4.04. The highest BCUT2D eigenvalue weighted by Gasteiger charge is 2.21. The molecule has 9 heteroatoms. The van der Waals surface area contributed by atoms with Gasteiger partial charge >= 0.3 is 6.09 Å². The molecule has 0 radical (unpaired) electrons. The number of aromatic nitrogens is 3. The molecule has 2 aromatic carbocycles. The second kappa shape index (κ2) is 12.1. The van der Waals surface area contributed by atoms with Crippen molar-refractivity contribution in [3.05, 3.63) is 127 Å². The summed E-state index contributed by atoms with van der Waals surface area (Å²) < 4.78 is 11.3. The summed E-state index contributed by atoms with van der Waals surface area (Å²) in [5.74, 6) is 0.467. The Bertz CT molecular complexity index is 1640. The highest BCUT2D eigenvalue weighted by Crippen LogP contribution is 2.17. The van der Waals surface area contributed by atoms with E-state index in [4.69, 9.17) is 9.47 Å². The lowest BCUT2D eigenvalue weighted by atomic mass is 10.1. The second-order valence-corrected chi connectivity index (χ2v) is 9.77. The SMILES string of the molecule is CC(C)(C)OC(=O)N[C@@H](COc1ccc(C=c2[nH]c(=O)c(=Cc3ccccc3)[nH]c2=O)nc1)c1ccccc1. The molecular weight excluding hydrogens is 496 g/mol. The Morgan fingerprint density at radius 3 is 2.10 bits per heavy atom. The van der Waals surface area contributed by atoms with Crippen LogP contribution in [0, 0.1) is 0 Å². The molecule has 3 N–H and O–H groups in total. The van der Waals surface area contributed by atoms with Crippen LogP contribution in [0.3, 0.4) is 0 Å². The van der Waals surface area contributed by atoms with Crippen molar-refractivity contribution < 1.29 is 14.3 Å². The van der Waals surface area contributed by atoms with Gasteiger partial charge in [-0.05, 0) is 56.2 Å². The van der Waals surface area contributed by atoms with E-state index in [2.05, 4.69) is 20.3 Å². The van der Waals surface area contributed by atoms with Crippen molar-refractivity contribution in [1.82, 2.24) is 20.3 Å². The number of aromatic amines is 2. The minimum Gasteiger partial charge on any atom is -0.489 e. The Hall–Kier alpha value is -4.92. The summed E-state index contributed by atoms with van der Waals surface area (Å²) in [6, 6.07) is 21.6. The maximum absolute atomic E-state index is 12.6. The Morgan fingerprint density at radius 1 is 0.897 bits per heavy atom. The molecule has 0 saturated heterocycles. The Morgan fingerprint density at radius 2 is 1.51 bits per heavy atom. The number of carbonyl (C=O) groups is 1. The van der Waals surface area contributed by atoms with Crippen LogP contribution in [0.25, 0.3) is 12.2 Å². The molecule has 0 aliphatic carbocycles. The molecule has 1 amide bonds. The molecule has 0 fully saturated rings. The third-order valence-electron chi connectivity index (χ3n) is 5.46. The van der Waals surface area contributed by atoms with Crippen LogP contribution in [-0.4, -0.2) is 33.3 Å². The van der Waals surface area contributed by atoms with Crippen LogP contribution in [-0.2, 0) is 4.74 Å². The van der Waals surface area contributed by atoms with Gasteiger partial charge < -0.3 is 24.8 Å². The lowest BCUT2D eigenvalue weighted by molar-refractivity contribution is 0.0487. The number of pyridine rings is 1. The van der Waals surface area contributed by atoms with Crippen molar-refractivity contribution in [2.75, 3.05) is 6.61 Å². The molecule has 0 saturated carbocycles. The van der Waals surface area contributed by atoms with Gasteiger partial charge in [-0.1, -0.05) is 60.7 Å². The zero-order chi connectivity index (χ0) is 27.8. The van der Waals surface area contributed by atoms with Crippen molar-refractivity contribution in [1.29, 1.82) is 0 Å². The predicted octanol–water partition coefficient (Wildman–Crippen LogP) is 2.76. The largest absolute Gasteiger partial charge is 0.489 e. The third kappa shape index (κ3) is 8.03. The summed E-state index contributed by atoms with van der Waals surface area (Å²) >= 11 is 0. The molecule has 4 rings (SSSR count). The summed E-state index contributed by atoms with van der Waals surface area (Å²) in [4.78, 5) is 47.0. The van der Waals surface area contributed by atoms with Gasteiger partial charge in [0.2, 0.25) is 0 Å². The minimum atomic E-state index is -0.630. The molecule has 0 aliphatic rings. The highest BCUT2D eigenvalue weighted by atomic mass is 16.6. The van der Waals surface area contributed by atoms with E-state index in [-0.39, 0.29) is 17.3 Å². The van der Waals surface area contributed by atoms with Crippen LogP contribution in [0.1, 0.15) is 43.6 Å². The molecule has 4 aromatic rings. The minimum absolute atomic E-state index is 0.0806. The fourth-order valence-corrected chi connectivity index (χ4v) is 3.66. The third-order valence-corrected chi connectivity index (χ3v) is 5.46. The highest BCUT2D eigenvalue weighted by molar-refractivity contribution is 5.68. The Balaban J connectivity index is 1.48. The smallest absolute Gasteiger partial charge is 0.408 e. The van der Waals surface area contributed by atoms with Crippen molar-refractivity contribution in [3.63, 3.8) is 0 Å². The lowest BCUT2D eigenvalue weighted by Gasteiger charge is -2.24. The lowest BCUT2D eigenvalue weighted by Crippen LogP contribution is -2.46. The van der Waals surface area contributed by atoms with E-state index in [9.17, 15) is 14.4 Å². The number of nitrogens with zero attached hydrogens (tertiary/aromatic N) is 1. The number of hydrogen-bond donors (Lipinski definition) is 3. The van der Waals surface area contributed by atoms with Crippen LogP contribution in [0.2, 0.25) is 0 Å². The van der Waals surface area contributed by atoms with E-state index < -0.39 is 28.9 Å². The summed E-state index contributed by atoms with van der Waals surface area (Å²) in [6.45, 7) is 5.53. The van der Waals surface area contributed by atoms with Gasteiger partial charge in [-0.2, -0.15) is 0 Å². The predicted molar refractivity (Wildman–Crippen MR) is 149 cm³/mol. The summed E-state index contributed by atoms with van der Waals surface area (Å²) in [7, 11) is 0. The van der Waals surface area contributed by atoms with Gasteiger partial charge in [0.1, 0.15) is 28.7 Å². The summed E-state index contributed by atoms with van der Waals surface area (Å²) in [5, 5.41) is 3.09. The van der Waals surface area contributed by atoms with Crippen LogP contribution in [0.15, 0.2) is 88.6 Å². The second-order valence-electron chi connectivity index (χ2n) is 9.77. The average Bonchev–Trinajstić information content (AvgIpc) is 2.90. The maximum Gasteiger partial charge on any atom is 0.408 e. The number of alkyl carbamates (subject to hydrolysis) is 1.